The second kappa shape index (κ2) is 16.6. The van der Waals surface area contributed by atoms with E-state index < -0.39 is 11.9 Å². The van der Waals surface area contributed by atoms with E-state index in [1.807, 2.05) is 48.5 Å². The van der Waals surface area contributed by atoms with E-state index in [1.165, 1.54) is 5.56 Å². The van der Waals surface area contributed by atoms with Crippen molar-refractivity contribution in [3.05, 3.63) is 89.5 Å². The summed E-state index contributed by atoms with van der Waals surface area (Å²) in [6.07, 6.45) is 6.20. The van der Waals surface area contributed by atoms with Crippen LogP contribution >= 0.6 is 0 Å². The zero-order valence-electron chi connectivity index (χ0n) is 24.9. The van der Waals surface area contributed by atoms with Gasteiger partial charge in [-0.3, -0.25) is 9.69 Å². The van der Waals surface area contributed by atoms with Crippen molar-refractivity contribution in [2.24, 2.45) is 5.92 Å². The van der Waals surface area contributed by atoms with E-state index >= 15 is 0 Å². The molecule has 0 radical (unpaired) electrons. The molecule has 1 fully saturated rings. The lowest BCUT2D eigenvalue weighted by molar-refractivity contribution is -0.137. The lowest BCUT2D eigenvalue weighted by atomic mass is 9.88. The Kier molecular flexibility index (Phi) is 12.3. The Morgan fingerprint density at radius 2 is 1.60 bits per heavy atom. The summed E-state index contributed by atoms with van der Waals surface area (Å²) in [6.45, 7) is 5.48. The Balaban J connectivity index is 1.24. The van der Waals surface area contributed by atoms with Gasteiger partial charge in [-0.15, -0.1) is 0 Å². The first-order valence-electron chi connectivity index (χ1n) is 15.4. The lowest BCUT2D eigenvalue weighted by Gasteiger charge is -2.36. The minimum Gasteiger partial charge on any atom is -0.508 e. The van der Waals surface area contributed by atoms with Crippen molar-refractivity contribution >= 4 is 17.6 Å². The number of hydrogen-bond donors (Lipinski definition) is 3. The number of anilines is 1. The molecule has 8 heteroatoms. The molecule has 43 heavy (non-hydrogen) atoms. The fourth-order valence-electron chi connectivity index (χ4n) is 5.77. The zero-order chi connectivity index (χ0) is 30.4. The quantitative estimate of drug-likeness (QED) is 0.162. The molecule has 3 aromatic carbocycles. The average Bonchev–Trinajstić information content (AvgIpc) is 3.01. The number of hydrogen-bond acceptors (Lipinski definition) is 6. The molecule has 0 aliphatic carbocycles. The van der Waals surface area contributed by atoms with Crippen LogP contribution in [0.5, 0.6) is 11.5 Å². The highest BCUT2D eigenvalue weighted by Crippen LogP contribution is 2.26. The van der Waals surface area contributed by atoms with E-state index in [-0.39, 0.29) is 12.0 Å². The predicted molar refractivity (Wildman–Crippen MR) is 168 cm³/mol. The van der Waals surface area contributed by atoms with Crippen molar-refractivity contribution < 1.29 is 29.6 Å². The third-order valence-corrected chi connectivity index (χ3v) is 8.22. The molecule has 3 aromatic rings. The van der Waals surface area contributed by atoms with E-state index in [0.29, 0.717) is 24.7 Å². The number of piperazine rings is 1. The van der Waals surface area contributed by atoms with Gasteiger partial charge < -0.3 is 25.0 Å². The minimum absolute atomic E-state index is 0.184. The summed E-state index contributed by atoms with van der Waals surface area (Å²) in [5.41, 5.74) is 3.63. The number of phenolic OH excluding ortho intramolecular Hbond substituents is 1. The van der Waals surface area contributed by atoms with E-state index in [9.17, 15) is 19.8 Å². The highest BCUT2D eigenvalue weighted by Gasteiger charge is 2.18. The number of aromatic carboxylic acids is 1. The standard InChI is InChI=1S/C35H44N2O6/c38-32-10-5-9-31(26-32)37-22-20-36(21-23-37)19-6-24-43-33-11-3-2-8-29(33)16-13-27(7-1-4-12-34(39)40)25-28-14-17-30(18-15-28)35(41)42/h2-3,5,8-11,14-15,17-18,26-27,38H,1,4,6-7,12-13,16,19-25H2,(H,39,40)(H,41,42). The first kappa shape index (κ1) is 31.9. The lowest BCUT2D eigenvalue weighted by Crippen LogP contribution is -2.46. The number of unbranched alkanes of at least 4 members (excludes halogenated alkanes) is 1. The summed E-state index contributed by atoms with van der Waals surface area (Å²) < 4.78 is 6.26. The van der Waals surface area contributed by atoms with E-state index in [1.54, 1.807) is 18.2 Å². The first-order valence-corrected chi connectivity index (χ1v) is 15.4. The van der Waals surface area contributed by atoms with Gasteiger partial charge >= 0.3 is 11.9 Å². The number of carboxylic acids is 2. The first-order chi connectivity index (χ1) is 20.9. The number of carboxylic acid groups (broad SMARTS) is 2. The maximum atomic E-state index is 11.2. The molecule has 1 atom stereocenters. The maximum Gasteiger partial charge on any atom is 0.335 e. The Labute approximate surface area is 254 Å². The van der Waals surface area contributed by atoms with Gasteiger partial charge in [0, 0.05) is 50.9 Å². The molecule has 0 bridgehead atoms. The number of benzene rings is 3. The summed E-state index contributed by atoms with van der Waals surface area (Å²) in [5.74, 6) is -0.109. The topological polar surface area (TPSA) is 111 Å². The maximum absolute atomic E-state index is 11.2. The van der Waals surface area contributed by atoms with Crippen LogP contribution < -0.4 is 9.64 Å². The Morgan fingerprint density at radius 1 is 0.837 bits per heavy atom. The normalized spacial score (nSPS) is 14.4. The Bertz CT molecular complexity index is 1300. The van der Waals surface area contributed by atoms with Gasteiger partial charge in [0.05, 0.1) is 12.2 Å². The molecule has 0 saturated carbocycles. The molecular formula is C35H44N2O6. The number of phenols is 1. The molecule has 1 saturated heterocycles. The van der Waals surface area contributed by atoms with Crippen LogP contribution in [0.4, 0.5) is 5.69 Å². The highest BCUT2D eigenvalue weighted by atomic mass is 16.5. The predicted octanol–water partition coefficient (Wildman–Crippen LogP) is 6.12. The van der Waals surface area contributed by atoms with Crippen LogP contribution in [0, 0.1) is 5.92 Å². The molecular weight excluding hydrogens is 544 g/mol. The number of carbonyl (C=O) groups is 2. The van der Waals surface area contributed by atoms with Gasteiger partial charge in [-0.2, -0.15) is 0 Å². The summed E-state index contributed by atoms with van der Waals surface area (Å²) in [4.78, 5) is 27.0. The number of aromatic hydroxyl groups is 1. The van der Waals surface area contributed by atoms with Crippen LogP contribution in [-0.2, 0) is 17.6 Å². The zero-order valence-corrected chi connectivity index (χ0v) is 24.9. The molecule has 3 N–H and O–H groups in total. The van der Waals surface area contributed by atoms with Gasteiger partial charge in [0.1, 0.15) is 11.5 Å². The number of rotatable bonds is 17. The largest absolute Gasteiger partial charge is 0.508 e. The fourth-order valence-corrected chi connectivity index (χ4v) is 5.77. The smallest absolute Gasteiger partial charge is 0.335 e. The highest BCUT2D eigenvalue weighted by molar-refractivity contribution is 5.87. The van der Waals surface area contributed by atoms with E-state index in [2.05, 4.69) is 15.9 Å². The van der Waals surface area contributed by atoms with Crippen molar-refractivity contribution in [3.63, 3.8) is 0 Å². The third kappa shape index (κ3) is 10.6. The number of nitrogens with zero attached hydrogens (tertiary/aromatic N) is 2. The van der Waals surface area contributed by atoms with Crippen molar-refractivity contribution in [2.75, 3.05) is 44.2 Å². The SMILES string of the molecule is O=C(O)CCCCC(CCc1ccccc1OCCCN1CCN(c2cccc(O)c2)CC1)Cc1ccc(C(=O)O)cc1. The fraction of sp³-hybridized carbons (Fsp3) is 0.429. The van der Waals surface area contributed by atoms with Crippen LogP contribution in [0.2, 0.25) is 0 Å². The number of ether oxygens (including phenoxy) is 1. The summed E-state index contributed by atoms with van der Waals surface area (Å²) >= 11 is 0. The van der Waals surface area contributed by atoms with Crippen molar-refractivity contribution in [3.8, 4) is 11.5 Å². The van der Waals surface area contributed by atoms with Crippen molar-refractivity contribution in [1.82, 2.24) is 4.90 Å². The van der Waals surface area contributed by atoms with E-state index in [4.69, 9.17) is 9.84 Å². The average molecular weight is 589 g/mol. The molecule has 8 nitrogen and oxygen atoms in total. The molecule has 1 unspecified atom stereocenters. The molecule has 1 heterocycles. The van der Waals surface area contributed by atoms with Gasteiger partial charge in [-0.1, -0.05) is 49.2 Å². The molecule has 0 aromatic heterocycles. The second-order valence-corrected chi connectivity index (χ2v) is 11.4. The van der Waals surface area contributed by atoms with Crippen LogP contribution in [0.25, 0.3) is 0 Å². The Morgan fingerprint density at radius 3 is 2.33 bits per heavy atom. The number of para-hydroxylation sites is 1. The third-order valence-electron chi connectivity index (χ3n) is 8.22. The van der Waals surface area contributed by atoms with Crippen LogP contribution in [0.1, 0.15) is 60.0 Å². The van der Waals surface area contributed by atoms with Gasteiger partial charge in [0.2, 0.25) is 0 Å². The Hall–Kier alpha value is -4.04. The van der Waals surface area contributed by atoms with Crippen molar-refractivity contribution in [1.29, 1.82) is 0 Å². The number of aliphatic carboxylic acids is 1. The molecule has 0 spiro atoms. The van der Waals surface area contributed by atoms with Gasteiger partial charge in [-0.25, -0.2) is 4.79 Å². The summed E-state index contributed by atoms with van der Waals surface area (Å²) in [5, 5.41) is 28.0. The molecule has 4 rings (SSSR count). The molecule has 1 aliphatic rings. The summed E-state index contributed by atoms with van der Waals surface area (Å²) in [6, 6.07) is 22.7. The second-order valence-electron chi connectivity index (χ2n) is 11.4. The van der Waals surface area contributed by atoms with Crippen LogP contribution in [0.15, 0.2) is 72.8 Å². The molecule has 1 aliphatic heterocycles. The number of aryl methyl sites for hydroxylation is 1. The molecule has 0 amide bonds. The van der Waals surface area contributed by atoms with E-state index in [0.717, 1.165) is 88.2 Å². The molecule has 230 valence electrons. The van der Waals surface area contributed by atoms with Crippen molar-refractivity contribution in [2.45, 2.75) is 51.4 Å². The van der Waals surface area contributed by atoms with Gasteiger partial charge in [0.25, 0.3) is 0 Å². The van der Waals surface area contributed by atoms with Crippen LogP contribution in [0.3, 0.4) is 0 Å². The van der Waals surface area contributed by atoms with Gasteiger partial charge in [0.15, 0.2) is 0 Å². The van der Waals surface area contributed by atoms with Crippen LogP contribution in [-0.4, -0.2) is 71.5 Å². The monoisotopic (exact) mass is 588 g/mol. The minimum atomic E-state index is -0.930. The van der Waals surface area contributed by atoms with Gasteiger partial charge in [-0.05, 0) is 79.5 Å². The summed E-state index contributed by atoms with van der Waals surface area (Å²) in [7, 11) is 0.